The molecule has 3 heterocycles. The molecule has 0 spiro atoms. The topological polar surface area (TPSA) is 90.9 Å². The number of benzene rings is 2. The first-order chi connectivity index (χ1) is 19.3. The molecular weight excluding hydrogens is 536 g/mol. The number of halogens is 2. The number of hydrogen-bond donors (Lipinski definition) is 3. The Bertz CT molecular complexity index is 1270. The number of ether oxygens (including phenoxy) is 1. The lowest BCUT2D eigenvalue weighted by Crippen LogP contribution is -2.53. The van der Waals surface area contributed by atoms with Crippen molar-refractivity contribution in [3.05, 3.63) is 93.7 Å². The van der Waals surface area contributed by atoms with Crippen LogP contribution in [-0.2, 0) is 33.9 Å². The molecule has 2 saturated heterocycles. The van der Waals surface area contributed by atoms with Gasteiger partial charge in [0.25, 0.3) is 0 Å². The molecule has 2 aliphatic heterocycles. The van der Waals surface area contributed by atoms with Gasteiger partial charge >= 0.3 is 0 Å². The Morgan fingerprint density at radius 2 is 1.90 bits per heavy atom. The zero-order chi connectivity index (χ0) is 28.1. The summed E-state index contributed by atoms with van der Waals surface area (Å²) in [5.41, 5.74) is 2.37. The largest absolute Gasteiger partial charge is 0.389 e. The van der Waals surface area contributed by atoms with Crippen LogP contribution in [0.4, 0.5) is 8.78 Å². The summed E-state index contributed by atoms with van der Waals surface area (Å²) in [5, 5.41) is 21.5. The SMILES string of the molecule is O=C(N[C@@H](Cc1cc(F)cc(F)c1)[C@H](O)[C@H]1C[C@@H](OCc2ccccc2)CN1)C1CC(=O)N(Cc2ccsc2)C1. The minimum Gasteiger partial charge on any atom is -0.389 e. The van der Waals surface area contributed by atoms with Crippen LogP contribution >= 0.6 is 11.3 Å². The van der Waals surface area contributed by atoms with Crippen molar-refractivity contribution >= 4 is 23.2 Å². The molecule has 3 N–H and O–H groups in total. The van der Waals surface area contributed by atoms with Gasteiger partial charge in [0.2, 0.25) is 11.8 Å². The summed E-state index contributed by atoms with van der Waals surface area (Å²) in [4.78, 5) is 27.6. The number of nitrogens with zero attached hydrogens (tertiary/aromatic N) is 1. The van der Waals surface area contributed by atoms with Crippen molar-refractivity contribution in [3.63, 3.8) is 0 Å². The lowest BCUT2D eigenvalue weighted by molar-refractivity contribution is -0.129. The van der Waals surface area contributed by atoms with Crippen molar-refractivity contribution in [1.29, 1.82) is 0 Å². The van der Waals surface area contributed by atoms with Gasteiger partial charge in [0, 0.05) is 38.2 Å². The van der Waals surface area contributed by atoms with Crippen LogP contribution in [0.2, 0.25) is 0 Å². The van der Waals surface area contributed by atoms with Crippen molar-refractivity contribution in [2.24, 2.45) is 5.92 Å². The number of aliphatic hydroxyl groups is 1. The zero-order valence-electron chi connectivity index (χ0n) is 22.0. The van der Waals surface area contributed by atoms with Crippen molar-refractivity contribution < 1.29 is 28.2 Å². The predicted octanol–water partition coefficient (Wildman–Crippen LogP) is 3.41. The number of carbonyl (C=O) groups is 2. The molecule has 2 aromatic carbocycles. The maximum absolute atomic E-state index is 13.9. The van der Waals surface area contributed by atoms with Gasteiger partial charge in [-0.3, -0.25) is 9.59 Å². The van der Waals surface area contributed by atoms with E-state index in [9.17, 15) is 23.5 Å². The highest BCUT2D eigenvalue weighted by atomic mass is 32.1. The molecule has 40 heavy (non-hydrogen) atoms. The molecule has 10 heteroatoms. The molecule has 2 fully saturated rings. The van der Waals surface area contributed by atoms with Gasteiger partial charge in [-0.25, -0.2) is 8.78 Å². The summed E-state index contributed by atoms with van der Waals surface area (Å²) >= 11 is 1.55. The molecule has 0 saturated carbocycles. The van der Waals surface area contributed by atoms with Gasteiger partial charge in [-0.2, -0.15) is 11.3 Å². The third-order valence-electron chi connectivity index (χ3n) is 7.52. The predicted molar refractivity (Wildman–Crippen MR) is 147 cm³/mol. The van der Waals surface area contributed by atoms with Gasteiger partial charge in [-0.15, -0.1) is 0 Å². The molecule has 7 nitrogen and oxygen atoms in total. The fourth-order valence-electron chi connectivity index (χ4n) is 5.43. The number of nitrogens with one attached hydrogen (secondary N) is 2. The number of amides is 2. The number of aliphatic hydroxyl groups excluding tert-OH is 1. The maximum atomic E-state index is 13.9. The van der Waals surface area contributed by atoms with Gasteiger partial charge in [0.15, 0.2) is 0 Å². The van der Waals surface area contributed by atoms with Gasteiger partial charge in [0.05, 0.1) is 30.8 Å². The number of hydrogen-bond acceptors (Lipinski definition) is 6. The molecular formula is C30H33F2N3O4S. The standard InChI is InChI=1S/C30H33F2N3O4S/c31-23-8-21(9-24(32)12-23)10-27(29(37)26-13-25(14-33-26)39-17-19-4-2-1-3-5-19)34-30(38)22-11-28(36)35(16-22)15-20-6-7-40-18-20/h1-9,12,18,22,25-27,29,33,37H,10-11,13-17H2,(H,34,38)/t22?,25-,26-,27+,29-/m1/s1. The Labute approximate surface area is 236 Å². The van der Waals surface area contributed by atoms with E-state index in [1.807, 2.05) is 47.2 Å². The van der Waals surface area contributed by atoms with E-state index in [-0.39, 0.29) is 37.3 Å². The van der Waals surface area contributed by atoms with Gasteiger partial charge < -0.3 is 25.4 Å². The fraction of sp³-hybridized carbons (Fsp3) is 0.400. The molecule has 212 valence electrons. The quantitative estimate of drug-likeness (QED) is 0.329. The highest BCUT2D eigenvalue weighted by Gasteiger charge is 2.39. The smallest absolute Gasteiger partial charge is 0.225 e. The minimum absolute atomic E-state index is 0.0224. The number of likely N-dealkylation sites (tertiary alicyclic amines) is 1. The van der Waals surface area contributed by atoms with Crippen molar-refractivity contribution in [2.75, 3.05) is 13.1 Å². The summed E-state index contributed by atoms with van der Waals surface area (Å²) in [6, 6.07) is 13.7. The molecule has 0 aliphatic carbocycles. The first kappa shape index (κ1) is 28.4. The van der Waals surface area contributed by atoms with Crippen LogP contribution in [0.15, 0.2) is 65.4 Å². The Morgan fingerprint density at radius 3 is 2.62 bits per heavy atom. The zero-order valence-corrected chi connectivity index (χ0v) is 22.8. The van der Waals surface area contributed by atoms with Crippen LogP contribution in [0.5, 0.6) is 0 Å². The van der Waals surface area contributed by atoms with Crippen LogP contribution in [0.1, 0.15) is 29.5 Å². The third kappa shape index (κ3) is 7.31. The second-order valence-electron chi connectivity index (χ2n) is 10.6. The van der Waals surface area contributed by atoms with Crippen molar-refractivity contribution in [3.8, 4) is 0 Å². The number of thiophene rings is 1. The number of carbonyl (C=O) groups excluding carboxylic acids is 2. The minimum atomic E-state index is -1.06. The molecule has 2 amide bonds. The molecule has 0 bridgehead atoms. The molecule has 3 aromatic rings. The van der Waals surface area contributed by atoms with Crippen LogP contribution in [0, 0.1) is 17.6 Å². The first-order valence-electron chi connectivity index (χ1n) is 13.4. The highest BCUT2D eigenvalue weighted by molar-refractivity contribution is 7.07. The van der Waals surface area contributed by atoms with E-state index in [1.165, 1.54) is 12.1 Å². The summed E-state index contributed by atoms with van der Waals surface area (Å²) in [6.45, 7) is 1.68. The van der Waals surface area contributed by atoms with E-state index < -0.39 is 35.7 Å². The average molecular weight is 570 g/mol. The molecule has 1 aromatic heterocycles. The van der Waals surface area contributed by atoms with Crippen LogP contribution < -0.4 is 10.6 Å². The fourth-order valence-corrected chi connectivity index (χ4v) is 6.09. The molecule has 5 atom stereocenters. The summed E-state index contributed by atoms with van der Waals surface area (Å²) in [6.07, 6.45) is -0.590. The molecule has 5 rings (SSSR count). The lowest BCUT2D eigenvalue weighted by atomic mass is 9.94. The Hall–Kier alpha value is -3.18. The van der Waals surface area contributed by atoms with Crippen molar-refractivity contribution in [2.45, 2.75) is 56.7 Å². The average Bonchev–Trinajstić information content (AvgIpc) is 3.69. The maximum Gasteiger partial charge on any atom is 0.225 e. The second-order valence-corrected chi connectivity index (χ2v) is 11.3. The van der Waals surface area contributed by atoms with Gasteiger partial charge in [-0.1, -0.05) is 30.3 Å². The summed E-state index contributed by atoms with van der Waals surface area (Å²) < 4.78 is 33.9. The Kier molecular flexibility index (Phi) is 9.21. The molecule has 2 aliphatic rings. The Morgan fingerprint density at radius 1 is 1.12 bits per heavy atom. The van der Waals surface area contributed by atoms with Crippen LogP contribution in [-0.4, -0.2) is 59.2 Å². The monoisotopic (exact) mass is 569 g/mol. The van der Waals surface area contributed by atoms with E-state index >= 15 is 0 Å². The van der Waals surface area contributed by atoms with E-state index in [0.29, 0.717) is 31.7 Å². The normalized spacial score (nSPS) is 22.4. The highest BCUT2D eigenvalue weighted by Crippen LogP contribution is 2.24. The Balaban J connectivity index is 1.24. The van der Waals surface area contributed by atoms with Gasteiger partial charge in [-0.05, 0) is 58.5 Å². The van der Waals surface area contributed by atoms with E-state index in [2.05, 4.69) is 10.6 Å². The third-order valence-corrected chi connectivity index (χ3v) is 8.25. The van der Waals surface area contributed by atoms with E-state index in [0.717, 1.165) is 17.2 Å². The summed E-state index contributed by atoms with van der Waals surface area (Å²) in [7, 11) is 0. The van der Waals surface area contributed by atoms with Crippen LogP contribution in [0.3, 0.4) is 0 Å². The van der Waals surface area contributed by atoms with E-state index in [4.69, 9.17) is 4.74 Å². The van der Waals surface area contributed by atoms with Gasteiger partial charge in [0.1, 0.15) is 11.6 Å². The molecule has 0 radical (unpaired) electrons. The first-order valence-corrected chi connectivity index (χ1v) is 14.4. The summed E-state index contributed by atoms with van der Waals surface area (Å²) in [5.74, 6) is -2.51. The van der Waals surface area contributed by atoms with E-state index in [1.54, 1.807) is 16.2 Å². The number of rotatable bonds is 11. The lowest BCUT2D eigenvalue weighted by Gasteiger charge is -2.29. The molecule has 1 unspecified atom stereocenters. The van der Waals surface area contributed by atoms with Crippen LogP contribution in [0.25, 0.3) is 0 Å². The second kappa shape index (κ2) is 13.0. The van der Waals surface area contributed by atoms with Crippen molar-refractivity contribution in [1.82, 2.24) is 15.5 Å².